The number of nitrogens with one attached hydrogen (secondary N) is 2. The highest BCUT2D eigenvalue weighted by Gasteiger charge is 2.16. The molecule has 0 bridgehead atoms. The molecule has 0 atom stereocenters. The molecular weight excluding hydrogens is 532 g/mol. The van der Waals surface area contributed by atoms with Crippen LogP contribution in [0, 0.1) is 0 Å². The van der Waals surface area contributed by atoms with E-state index >= 15 is 0 Å². The third-order valence-electron chi connectivity index (χ3n) is 5.59. The van der Waals surface area contributed by atoms with Gasteiger partial charge in [-0.15, -0.1) is 11.8 Å². The zero-order valence-electron chi connectivity index (χ0n) is 21.0. The molecule has 0 unspecified atom stereocenters. The van der Waals surface area contributed by atoms with Crippen molar-refractivity contribution in [1.82, 2.24) is 5.32 Å². The van der Waals surface area contributed by atoms with E-state index in [-0.39, 0.29) is 17.2 Å². The number of carbonyl (C=O) groups is 3. The summed E-state index contributed by atoms with van der Waals surface area (Å²) in [6.07, 6.45) is 1.59. The fourth-order valence-electron chi connectivity index (χ4n) is 3.59. The highest BCUT2D eigenvalue weighted by Crippen LogP contribution is 2.25. The van der Waals surface area contributed by atoms with Crippen molar-refractivity contribution < 1.29 is 19.1 Å². The van der Waals surface area contributed by atoms with Gasteiger partial charge in [0.1, 0.15) is 11.4 Å². The van der Waals surface area contributed by atoms with Crippen molar-refractivity contribution in [2.24, 2.45) is 0 Å². The van der Waals surface area contributed by atoms with Gasteiger partial charge >= 0.3 is 0 Å². The Kier molecular flexibility index (Phi) is 9.56. The summed E-state index contributed by atoms with van der Waals surface area (Å²) in [5, 5.41) is 5.98. The lowest BCUT2D eigenvalue weighted by atomic mass is 10.1. The summed E-state index contributed by atoms with van der Waals surface area (Å²) in [4.78, 5) is 39.6. The number of rotatable bonds is 10. The lowest BCUT2D eigenvalue weighted by Gasteiger charge is -2.12. The number of ether oxygens (including phenoxy) is 1. The lowest BCUT2D eigenvalue weighted by molar-refractivity contribution is -0.113. The van der Waals surface area contributed by atoms with Gasteiger partial charge in [-0.05, 0) is 66.2 Å². The molecule has 4 aromatic rings. The third-order valence-corrected chi connectivity index (χ3v) is 6.92. The molecular formula is C31H25ClN2O4S. The maximum Gasteiger partial charge on any atom is 0.272 e. The molecule has 0 radical (unpaired) electrons. The minimum atomic E-state index is -0.496. The van der Waals surface area contributed by atoms with Crippen molar-refractivity contribution in [3.8, 4) is 5.75 Å². The first-order chi connectivity index (χ1) is 18.9. The van der Waals surface area contributed by atoms with Crippen LogP contribution in [0.3, 0.4) is 0 Å². The summed E-state index contributed by atoms with van der Waals surface area (Å²) in [5.41, 5.74) is 2.19. The monoisotopic (exact) mass is 556 g/mol. The molecule has 2 N–H and O–H groups in total. The molecule has 8 heteroatoms. The van der Waals surface area contributed by atoms with Crippen molar-refractivity contribution in [2.75, 3.05) is 18.2 Å². The van der Waals surface area contributed by atoms with Crippen LogP contribution in [-0.4, -0.2) is 30.5 Å². The number of thioether (sulfide) groups is 1. The number of hydrogen-bond donors (Lipinski definition) is 2. The molecule has 0 aliphatic rings. The molecule has 2 amide bonds. The Morgan fingerprint density at radius 2 is 1.59 bits per heavy atom. The topological polar surface area (TPSA) is 84.5 Å². The maximum absolute atomic E-state index is 13.3. The van der Waals surface area contributed by atoms with Gasteiger partial charge in [-0.2, -0.15) is 0 Å². The van der Waals surface area contributed by atoms with Crippen LogP contribution < -0.4 is 15.4 Å². The van der Waals surface area contributed by atoms with Crippen LogP contribution in [0.5, 0.6) is 5.75 Å². The summed E-state index contributed by atoms with van der Waals surface area (Å²) in [6.45, 7) is 0. The molecule has 0 spiro atoms. The van der Waals surface area contributed by atoms with Crippen molar-refractivity contribution in [2.45, 2.75) is 4.90 Å². The van der Waals surface area contributed by atoms with Gasteiger partial charge in [0.15, 0.2) is 5.78 Å². The Balaban J connectivity index is 1.50. The van der Waals surface area contributed by atoms with Gasteiger partial charge in [0, 0.05) is 21.7 Å². The van der Waals surface area contributed by atoms with Gasteiger partial charge in [-0.1, -0.05) is 60.1 Å². The molecule has 39 heavy (non-hydrogen) atoms. The molecule has 0 aromatic heterocycles. The Hall–Kier alpha value is -4.33. The number of amides is 2. The SMILES string of the molecule is COc1ccc(/C=C(\NC(=O)c2ccccc2)C(=O)Nc2cccc(SCC(=O)c3ccccc3Cl)c2)cc1. The van der Waals surface area contributed by atoms with Crippen molar-refractivity contribution in [3.63, 3.8) is 0 Å². The molecule has 0 aliphatic heterocycles. The van der Waals surface area contributed by atoms with E-state index in [0.29, 0.717) is 33.1 Å². The number of anilines is 1. The highest BCUT2D eigenvalue weighted by molar-refractivity contribution is 8.00. The van der Waals surface area contributed by atoms with Crippen LogP contribution >= 0.6 is 23.4 Å². The van der Waals surface area contributed by atoms with Crippen molar-refractivity contribution in [1.29, 1.82) is 0 Å². The Bertz CT molecular complexity index is 1500. The average molecular weight is 557 g/mol. The van der Waals surface area contributed by atoms with Crippen LogP contribution in [0.1, 0.15) is 26.3 Å². The van der Waals surface area contributed by atoms with Gasteiger partial charge in [0.05, 0.1) is 17.9 Å². The van der Waals surface area contributed by atoms with E-state index in [9.17, 15) is 14.4 Å². The first-order valence-electron chi connectivity index (χ1n) is 12.0. The van der Waals surface area contributed by atoms with Crippen molar-refractivity contribution in [3.05, 3.63) is 131 Å². The number of benzene rings is 4. The number of Topliss-reactive ketones (excluding diaryl/α,β-unsaturated/α-hetero) is 1. The average Bonchev–Trinajstić information content (AvgIpc) is 2.96. The van der Waals surface area contributed by atoms with E-state index in [1.165, 1.54) is 11.8 Å². The number of hydrogen-bond acceptors (Lipinski definition) is 5. The fraction of sp³-hybridized carbons (Fsp3) is 0.0645. The molecule has 4 aromatic carbocycles. The number of halogens is 1. The normalized spacial score (nSPS) is 11.0. The van der Waals surface area contributed by atoms with Crippen LogP contribution in [0.4, 0.5) is 5.69 Å². The largest absolute Gasteiger partial charge is 0.497 e. The van der Waals surface area contributed by atoms with Gasteiger partial charge in [0.25, 0.3) is 11.8 Å². The summed E-state index contributed by atoms with van der Waals surface area (Å²) in [6, 6.07) is 29.8. The van der Waals surface area contributed by atoms with Crippen LogP contribution in [-0.2, 0) is 4.79 Å². The van der Waals surface area contributed by atoms with E-state index in [4.69, 9.17) is 16.3 Å². The van der Waals surface area contributed by atoms with Crippen molar-refractivity contribution >= 4 is 52.7 Å². The first-order valence-corrected chi connectivity index (χ1v) is 13.3. The fourth-order valence-corrected chi connectivity index (χ4v) is 4.66. The summed E-state index contributed by atoms with van der Waals surface area (Å²) < 4.78 is 5.20. The summed E-state index contributed by atoms with van der Waals surface area (Å²) in [5.74, 6) is -0.129. The van der Waals surface area contributed by atoms with Gasteiger partial charge < -0.3 is 15.4 Å². The van der Waals surface area contributed by atoms with Crippen LogP contribution in [0.15, 0.2) is 114 Å². The maximum atomic E-state index is 13.3. The zero-order chi connectivity index (χ0) is 27.6. The highest BCUT2D eigenvalue weighted by atomic mass is 35.5. The van der Waals surface area contributed by atoms with E-state index in [2.05, 4.69) is 10.6 Å². The first kappa shape index (κ1) is 27.7. The Morgan fingerprint density at radius 1 is 0.872 bits per heavy atom. The second kappa shape index (κ2) is 13.5. The van der Waals surface area contributed by atoms with Gasteiger partial charge in [-0.25, -0.2) is 0 Å². The molecule has 0 fully saturated rings. The summed E-state index contributed by atoms with van der Waals surface area (Å²) in [7, 11) is 1.57. The molecule has 0 saturated carbocycles. The van der Waals surface area contributed by atoms with E-state index in [1.54, 1.807) is 104 Å². The molecule has 0 saturated heterocycles. The quantitative estimate of drug-likeness (QED) is 0.128. The second-order valence-corrected chi connectivity index (χ2v) is 9.78. The molecule has 4 rings (SSSR count). The zero-order valence-corrected chi connectivity index (χ0v) is 22.6. The van der Waals surface area contributed by atoms with Crippen LogP contribution in [0.2, 0.25) is 5.02 Å². The van der Waals surface area contributed by atoms with E-state index in [1.807, 2.05) is 12.1 Å². The van der Waals surface area contributed by atoms with E-state index < -0.39 is 11.8 Å². The smallest absolute Gasteiger partial charge is 0.272 e. The van der Waals surface area contributed by atoms with E-state index in [0.717, 1.165) is 4.90 Å². The molecule has 196 valence electrons. The van der Waals surface area contributed by atoms with Crippen LogP contribution in [0.25, 0.3) is 6.08 Å². The van der Waals surface area contributed by atoms with Gasteiger partial charge in [-0.3, -0.25) is 14.4 Å². The minimum absolute atomic E-state index is 0.0703. The standard InChI is InChI=1S/C31H25ClN2O4S/c1-38-24-16-14-21(15-17-24)18-28(34-30(36)22-8-3-2-4-9-22)31(37)33-23-10-7-11-25(19-23)39-20-29(35)26-12-5-6-13-27(26)32/h2-19H,20H2,1H3,(H,33,37)(H,34,36)/b28-18-. The number of carbonyl (C=O) groups excluding carboxylic acids is 3. The van der Waals surface area contributed by atoms with Gasteiger partial charge in [0.2, 0.25) is 0 Å². The third kappa shape index (κ3) is 7.83. The Labute approximate surface area is 236 Å². The number of methoxy groups -OCH3 is 1. The molecule has 0 aliphatic carbocycles. The second-order valence-electron chi connectivity index (χ2n) is 8.32. The molecule has 0 heterocycles. The number of ketones is 1. The summed E-state index contributed by atoms with van der Waals surface area (Å²) >= 11 is 7.48. The predicted molar refractivity (Wildman–Crippen MR) is 156 cm³/mol. The lowest BCUT2D eigenvalue weighted by Crippen LogP contribution is -2.30. The Morgan fingerprint density at radius 3 is 2.31 bits per heavy atom. The predicted octanol–water partition coefficient (Wildman–Crippen LogP) is 6.73. The minimum Gasteiger partial charge on any atom is -0.497 e. The molecule has 6 nitrogen and oxygen atoms in total.